The zero-order valence-electron chi connectivity index (χ0n) is 20.1. The number of rotatable bonds is 7. The van der Waals surface area contributed by atoms with E-state index >= 15 is 0 Å². The highest BCUT2D eigenvalue weighted by atomic mass is 19.1. The third kappa shape index (κ3) is 4.85. The van der Waals surface area contributed by atoms with Gasteiger partial charge in [0.1, 0.15) is 17.3 Å². The van der Waals surface area contributed by atoms with Crippen LogP contribution in [0.2, 0.25) is 0 Å². The van der Waals surface area contributed by atoms with Gasteiger partial charge in [0.15, 0.2) is 11.5 Å². The molecule has 0 radical (unpaired) electrons. The molecule has 0 bridgehead atoms. The van der Waals surface area contributed by atoms with Gasteiger partial charge in [-0.1, -0.05) is 11.2 Å². The Morgan fingerprint density at radius 2 is 1.92 bits per heavy atom. The molecule has 2 amide bonds. The predicted molar refractivity (Wildman–Crippen MR) is 126 cm³/mol. The van der Waals surface area contributed by atoms with Crippen LogP contribution in [-0.4, -0.2) is 57.3 Å². The fourth-order valence-corrected chi connectivity index (χ4v) is 3.68. The molecule has 1 aromatic carbocycles. The van der Waals surface area contributed by atoms with E-state index in [9.17, 15) is 18.4 Å². The van der Waals surface area contributed by atoms with E-state index in [1.54, 1.807) is 56.4 Å². The lowest BCUT2D eigenvalue weighted by molar-refractivity contribution is 0.0820. The Bertz CT molecular complexity index is 1430. The summed E-state index contributed by atoms with van der Waals surface area (Å²) >= 11 is 0. The van der Waals surface area contributed by atoms with Gasteiger partial charge >= 0.3 is 0 Å². The fourth-order valence-electron chi connectivity index (χ4n) is 3.68. The second-order valence-electron chi connectivity index (χ2n) is 8.73. The van der Waals surface area contributed by atoms with Crippen molar-refractivity contribution < 1.29 is 22.9 Å². The second kappa shape index (κ2) is 9.68. The third-order valence-corrected chi connectivity index (χ3v) is 5.82. The number of halogens is 2. The van der Waals surface area contributed by atoms with Crippen LogP contribution in [0.5, 0.6) is 0 Å². The Balaban J connectivity index is 1.61. The van der Waals surface area contributed by atoms with Crippen LogP contribution in [0.4, 0.5) is 8.78 Å². The van der Waals surface area contributed by atoms with E-state index in [2.05, 4.69) is 20.6 Å². The number of pyridine rings is 1. The molecule has 3 aromatic heterocycles. The van der Waals surface area contributed by atoms with Crippen LogP contribution in [-0.2, 0) is 12.5 Å². The maximum atomic E-state index is 14.1. The number of carbonyl (C=O) groups excluding carboxylic acids is 2. The average molecular weight is 495 g/mol. The van der Waals surface area contributed by atoms with Crippen LogP contribution in [0.15, 0.2) is 59.4 Å². The van der Waals surface area contributed by atoms with E-state index in [0.29, 0.717) is 5.69 Å². The predicted octanol–water partition coefficient (Wildman–Crippen LogP) is 3.19. The Kier molecular flexibility index (Phi) is 6.65. The van der Waals surface area contributed by atoms with Gasteiger partial charge in [-0.2, -0.15) is 5.10 Å². The number of benzene rings is 1. The van der Waals surface area contributed by atoms with Crippen LogP contribution < -0.4 is 5.32 Å². The van der Waals surface area contributed by atoms with Gasteiger partial charge in [0.25, 0.3) is 11.8 Å². The SMILES string of the molecule is CN(C)C(=O)c1cccc(C(C)(CNC(=O)c2cc(-c3ccc(F)cc3F)on2)c2cnn(C)c2)n1. The molecule has 0 aliphatic heterocycles. The number of hydrogen-bond acceptors (Lipinski definition) is 6. The Hall–Kier alpha value is -4.41. The molecular weight excluding hydrogens is 470 g/mol. The van der Waals surface area contributed by atoms with E-state index in [1.165, 1.54) is 17.0 Å². The summed E-state index contributed by atoms with van der Waals surface area (Å²) in [5.41, 5.74) is 0.629. The standard InChI is InChI=1S/C25H24F2N6O3/c1-25(15-12-29-33(4)13-15,22-7-5-6-19(30-22)24(35)32(2)3)14-28-23(34)20-11-21(36-31-20)17-9-8-16(26)10-18(17)27/h5-13H,14H2,1-4H3,(H,28,34). The average Bonchev–Trinajstić information content (AvgIpc) is 3.52. The molecule has 4 rings (SSSR count). The van der Waals surface area contributed by atoms with Crippen molar-refractivity contribution in [2.24, 2.45) is 7.05 Å². The molecule has 0 saturated carbocycles. The minimum atomic E-state index is -0.859. The molecular formula is C25H24F2N6O3. The van der Waals surface area contributed by atoms with Crippen molar-refractivity contribution in [3.8, 4) is 11.3 Å². The molecule has 1 unspecified atom stereocenters. The van der Waals surface area contributed by atoms with Crippen molar-refractivity contribution in [3.63, 3.8) is 0 Å². The van der Waals surface area contributed by atoms with Gasteiger partial charge in [-0.25, -0.2) is 13.8 Å². The Morgan fingerprint density at radius 3 is 2.58 bits per heavy atom. The molecule has 0 spiro atoms. The molecule has 186 valence electrons. The number of aromatic nitrogens is 4. The zero-order chi connectivity index (χ0) is 26.0. The number of aryl methyl sites for hydroxylation is 1. The summed E-state index contributed by atoms with van der Waals surface area (Å²) in [6.07, 6.45) is 3.47. The van der Waals surface area contributed by atoms with Crippen molar-refractivity contribution in [2.75, 3.05) is 20.6 Å². The van der Waals surface area contributed by atoms with Crippen molar-refractivity contribution >= 4 is 11.8 Å². The lowest BCUT2D eigenvalue weighted by Gasteiger charge is -2.29. The van der Waals surface area contributed by atoms with Crippen molar-refractivity contribution in [3.05, 3.63) is 89.1 Å². The monoisotopic (exact) mass is 494 g/mol. The number of hydrogen-bond donors (Lipinski definition) is 1. The molecule has 0 saturated heterocycles. The smallest absolute Gasteiger partial charge is 0.273 e. The first-order valence-corrected chi connectivity index (χ1v) is 11.0. The molecule has 1 N–H and O–H groups in total. The molecule has 11 heteroatoms. The number of amides is 2. The quantitative estimate of drug-likeness (QED) is 0.423. The van der Waals surface area contributed by atoms with Gasteiger partial charge in [-0.05, 0) is 31.2 Å². The number of carbonyl (C=O) groups is 2. The summed E-state index contributed by atoms with van der Waals surface area (Å²) in [7, 11) is 5.05. The zero-order valence-corrected chi connectivity index (χ0v) is 20.1. The van der Waals surface area contributed by atoms with E-state index in [-0.39, 0.29) is 35.2 Å². The molecule has 0 aliphatic rings. The molecule has 0 fully saturated rings. The van der Waals surface area contributed by atoms with Gasteiger partial charge in [0, 0.05) is 51.6 Å². The Labute approximate surface area is 205 Å². The van der Waals surface area contributed by atoms with Crippen LogP contribution in [0.3, 0.4) is 0 Å². The molecule has 0 aliphatic carbocycles. The van der Waals surface area contributed by atoms with E-state index in [0.717, 1.165) is 17.7 Å². The summed E-state index contributed by atoms with van der Waals surface area (Å²) in [4.78, 5) is 31.4. The van der Waals surface area contributed by atoms with Crippen LogP contribution in [0.1, 0.15) is 39.2 Å². The number of nitrogens with one attached hydrogen (secondary N) is 1. The first-order chi connectivity index (χ1) is 17.1. The minimum Gasteiger partial charge on any atom is -0.355 e. The molecule has 9 nitrogen and oxygen atoms in total. The van der Waals surface area contributed by atoms with Crippen molar-refractivity contribution in [1.29, 1.82) is 0 Å². The maximum absolute atomic E-state index is 14.1. The third-order valence-electron chi connectivity index (χ3n) is 5.82. The second-order valence-corrected chi connectivity index (χ2v) is 8.73. The van der Waals surface area contributed by atoms with Crippen LogP contribution in [0.25, 0.3) is 11.3 Å². The summed E-state index contributed by atoms with van der Waals surface area (Å²) < 4.78 is 34.1. The lowest BCUT2D eigenvalue weighted by atomic mass is 9.80. The normalized spacial score (nSPS) is 12.7. The first kappa shape index (κ1) is 24.7. The van der Waals surface area contributed by atoms with Crippen molar-refractivity contribution in [2.45, 2.75) is 12.3 Å². The van der Waals surface area contributed by atoms with Gasteiger partial charge < -0.3 is 14.7 Å². The molecule has 36 heavy (non-hydrogen) atoms. The van der Waals surface area contributed by atoms with E-state index in [1.807, 2.05) is 6.92 Å². The van der Waals surface area contributed by atoms with Gasteiger partial charge in [-0.15, -0.1) is 0 Å². The van der Waals surface area contributed by atoms with Gasteiger partial charge in [0.05, 0.1) is 22.9 Å². The van der Waals surface area contributed by atoms with Crippen molar-refractivity contribution in [1.82, 2.24) is 30.1 Å². The summed E-state index contributed by atoms with van der Waals surface area (Å²) in [6, 6.07) is 9.43. The molecule has 3 heterocycles. The molecule has 1 atom stereocenters. The van der Waals surface area contributed by atoms with Crippen LogP contribution >= 0.6 is 0 Å². The minimum absolute atomic E-state index is 0.00997. The fraction of sp³-hybridized carbons (Fsp3) is 0.240. The summed E-state index contributed by atoms with van der Waals surface area (Å²) in [5.74, 6) is -2.39. The highest BCUT2D eigenvalue weighted by Gasteiger charge is 2.33. The summed E-state index contributed by atoms with van der Waals surface area (Å²) in [6.45, 7) is 1.95. The highest BCUT2D eigenvalue weighted by molar-refractivity contribution is 5.93. The van der Waals surface area contributed by atoms with E-state index < -0.39 is 23.0 Å². The van der Waals surface area contributed by atoms with Crippen LogP contribution in [0, 0.1) is 11.6 Å². The lowest BCUT2D eigenvalue weighted by Crippen LogP contribution is -2.40. The molecule has 4 aromatic rings. The summed E-state index contributed by atoms with van der Waals surface area (Å²) in [5, 5.41) is 10.8. The Morgan fingerprint density at radius 1 is 1.14 bits per heavy atom. The number of nitrogens with zero attached hydrogens (tertiary/aromatic N) is 5. The first-order valence-electron chi connectivity index (χ1n) is 11.0. The van der Waals surface area contributed by atoms with Gasteiger partial charge in [-0.3, -0.25) is 14.3 Å². The maximum Gasteiger partial charge on any atom is 0.273 e. The topological polar surface area (TPSA) is 106 Å². The largest absolute Gasteiger partial charge is 0.355 e. The van der Waals surface area contributed by atoms with Gasteiger partial charge in [0.2, 0.25) is 0 Å². The van der Waals surface area contributed by atoms with E-state index in [4.69, 9.17) is 4.52 Å². The highest BCUT2D eigenvalue weighted by Crippen LogP contribution is 2.30.